The Bertz CT molecular complexity index is 761. The number of hydrogen-bond acceptors (Lipinski definition) is 3. The second-order valence-corrected chi connectivity index (χ2v) is 9.97. The molecule has 2 aliphatic heterocycles. The predicted molar refractivity (Wildman–Crippen MR) is 104 cm³/mol. The Morgan fingerprint density at radius 3 is 2.38 bits per heavy atom. The summed E-state index contributed by atoms with van der Waals surface area (Å²) in [6.45, 7) is 7.39. The normalized spacial score (nSPS) is 23.8. The average molecular weight is 378 g/mol. The highest BCUT2D eigenvalue weighted by Crippen LogP contribution is 2.15. The summed E-state index contributed by atoms with van der Waals surface area (Å²) in [7, 11) is -2.84. The maximum atomic E-state index is 12.4. The SMILES string of the molecule is CC(C)c1ccc(/C=C/C(=O)N2CC[NH+]([C@H]3CCS(=O)(=O)C3)CC2)cc1. The van der Waals surface area contributed by atoms with Crippen LogP contribution in [0.1, 0.15) is 37.3 Å². The first-order chi connectivity index (χ1) is 12.3. The smallest absolute Gasteiger partial charge is 0.246 e. The largest absolute Gasteiger partial charge is 0.329 e. The number of carbonyl (C=O) groups is 1. The van der Waals surface area contributed by atoms with Crippen LogP contribution < -0.4 is 4.90 Å². The van der Waals surface area contributed by atoms with E-state index in [2.05, 4.69) is 26.0 Å². The number of carbonyl (C=O) groups excluding carboxylic acids is 1. The molecule has 2 fully saturated rings. The molecule has 0 aliphatic carbocycles. The zero-order chi connectivity index (χ0) is 18.7. The first-order valence-electron chi connectivity index (χ1n) is 9.46. The molecular weight excluding hydrogens is 348 g/mol. The van der Waals surface area contributed by atoms with Crippen molar-refractivity contribution in [3.8, 4) is 0 Å². The molecule has 0 saturated carbocycles. The van der Waals surface area contributed by atoms with Crippen LogP contribution in [0.4, 0.5) is 0 Å². The monoisotopic (exact) mass is 377 g/mol. The van der Waals surface area contributed by atoms with Crippen molar-refractivity contribution >= 4 is 21.8 Å². The third-order valence-corrected chi connectivity index (χ3v) is 7.32. The standard InChI is InChI=1S/C20H28N2O3S/c1-16(2)18-6-3-17(4-7-18)5-8-20(23)22-12-10-21(11-13-22)19-9-14-26(24,25)15-19/h3-8,16,19H,9-15H2,1-2H3/p+1/b8-5+/t19-/m0/s1. The Balaban J connectivity index is 1.50. The van der Waals surface area contributed by atoms with Crippen molar-refractivity contribution in [2.45, 2.75) is 32.2 Å². The molecule has 1 N–H and O–H groups in total. The molecule has 0 spiro atoms. The first kappa shape index (κ1) is 19.1. The van der Waals surface area contributed by atoms with Gasteiger partial charge in [-0.1, -0.05) is 38.1 Å². The third-order valence-electron chi connectivity index (χ3n) is 5.55. The van der Waals surface area contributed by atoms with Crippen molar-refractivity contribution < 1.29 is 18.1 Å². The van der Waals surface area contributed by atoms with Crippen molar-refractivity contribution in [3.05, 3.63) is 41.5 Å². The maximum absolute atomic E-state index is 12.4. The molecule has 1 aromatic carbocycles. The van der Waals surface area contributed by atoms with Crippen molar-refractivity contribution in [2.24, 2.45) is 0 Å². The van der Waals surface area contributed by atoms with Gasteiger partial charge < -0.3 is 9.80 Å². The number of nitrogens with one attached hydrogen (secondary N) is 1. The first-order valence-corrected chi connectivity index (χ1v) is 11.3. The number of hydrogen-bond donors (Lipinski definition) is 1. The molecule has 0 bridgehead atoms. The van der Waals surface area contributed by atoms with Gasteiger partial charge in [0.2, 0.25) is 5.91 Å². The average Bonchev–Trinajstić information content (AvgIpc) is 3.00. The number of rotatable bonds is 4. The quantitative estimate of drug-likeness (QED) is 0.788. The molecule has 142 valence electrons. The highest BCUT2D eigenvalue weighted by molar-refractivity contribution is 7.91. The van der Waals surface area contributed by atoms with Gasteiger partial charge in [-0.3, -0.25) is 4.79 Å². The number of benzene rings is 1. The van der Waals surface area contributed by atoms with E-state index in [0.29, 0.717) is 30.5 Å². The molecule has 3 rings (SSSR count). The lowest BCUT2D eigenvalue weighted by Gasteiger charge is -2.34. The van der Waals surface area contributed by atoms with Crippen LogP contribution in [0.15, 0.2) is 30.3 Å². The summed E-state index contributed by atoms with van der Waals surface area (Å²) < 4.78 is 23.3. The molecule has 0 radical (unpaired) electrons. The molecular formula is C20H29N2O3S+. The number of quaternary nitrogens is 1. The Kier molecular flexibility index (Phi) is 5.82. The van der Waals surface area contributed by atoms with E-state index in [9.17, 15) is 13.2 Å². The third kappa shape index (κ3) is 4.74. The molecule has 2 saturated heterocycles. The fourth-order valence-corrected chi connectivity index (χ4v) is 5.63. The van der Waals surface area contributed by atoms with E-state index in [-0.39, 0.29) is 11.9 Å². The fourth-order valence-electron chi connectivity index (χ4n) is 3.80. The van der Waals surface area contributed by atoms with Gasteiger partial charge in [0, 0.05) is 12.5 Å². The van der Waals surface area contributed by atoms with Crippen LogP contribution in [-0.4, -0.2) is 63.0 Å². The van der Waals surface area contributed by atoms with E-state index in [1.54, 1.807) is 6.08 Å². The second-order valence-electron chi connectivity index (χ2n) is 7.74. The summed E-state index contributed by atoms with van der Waals surface area (Å²) in [5.41, 5.74) is 2.32. The fraction of sp³-hybridized carbons (Fsp3) is 0.550. The zero-order valence-corrected chi connectivity index (χ0v) is 16.5. The lowest BCUT2D eigenvalue weighted by Crippen LogP contribution is -3.18. The lowest BCUT2D eigenvalue weighted by atomic mass is 10.0. The van der Waals surface area contributed by atoms with Gasteiger partial charge in [0.15, 0.2) is 9.84 Å². The summed E-state index contributed by atoms with van der Waals surface area (Å²) in [4.78, 5) is 15.6. The zero-order valence-electron chi connectivity index (χ0n) is 15.6. The van der Waals surface area contributed by atoms with Crippen LogP contribution in [0.3, 0.4) is 0 Å². The molecule has 1 atom stereocenters. The number of nitrogens with zero attached hydrogens (tertiary/aromatic N) is 1. The topological polar surface area (TPSA) is 58.9 Å². The molecule has 5 nitrogen and oxygen atoms in total. The van der Waals surface area contributed by atoms with E-state index >= 15 is 0 Å². The highest BCUT2D eigenvalue weighted by atomic mass is 32.2. The minimum absolute atomic E-state index is 0.0380. The second kappa shape index (κ2) is 7.92. The van der Waals surface area contributed by atoms with E-state index in [1.807, 2.05) is 23.1 Å². The Hall–Kier alpha value is -1.66. The van der Waals surface area contributed by atoms with Gasteiger partial charge in [0.1, 0.15) is 11.8 Å². The predicted octanol–water partition coefficient (Wildman–Crippen LogP) is 0.737. The minimum atomic E-state index is -2.84. The molecule has 0 unspecified atom stereocenters. The lowest BCUT2D eigenvalue weighted by molar-refractivity contribution is -0.925. The van der Waals surface area contributed by atoms with E-state index < -0.39 is 9.84 Å². The van der Waals surface area contributed by atoms with Gasteiger partial charge in [-0.05, 0) is 23.1 Å². The van der Waals surface area contributed by atoms with Gasteiger partial charge >= 0.3 is 0 Å². The van der Waals surface area contributed by atoms with Crippen LogP contribution in [-0.2, 0) is 14.6 Å². The molecule has 6 heteroatoms. The summed E-state index contributed by atoms with van der Waals surface area (Å²) >= 11 is 0. The highest BCUT2D eigenvalue weighted by Gasteiger charge is 2.37. The Labute approximate surface area is 156 Å². The van der Waals surface area contributed by atoms with Crippen LogP contribution >= 0.6 is 0 Å². The van der Waals surface area contributed by atoms with E-state index in [1.165, 1.54) is 10.5 Å². The van der Waals surface area contributed by atoms with Crippen LogP contribution in [0.2, 0.25) is 0 Å². The molecule has 26 heavy (non-hydrogen) atoms. The van der Waals surface area contributed by atoms with Gasteiger partial charge in [-0.25, -0.2) is 8.42 Å². The van der Waals surface area contributed by atoms with E-state index in [4.69, 9.17) is 0 Å². The summed E-state index contributed by atoms with van der Waals surface area (Å²) in [5.74, 6) is 1.17. The van der Waals surface area contributed by atoms with Crippen LogP contribution in [0, 0.1) is 0 Å². The number of sulfone groups is 1. The van der Waals surface area contributed by atoms with Gasteiger partial charge in [0.05, 0.1) is 31.9 Å². The summed E-state index contributed by atoms with van der Waals surface area (Å²) in [6, 6.07) is 8.51. The molecule has 1 amide bonds. The molecule has 1 aromatic rings. The van der Waals surface area contributed by atoms with Gasteiger partial charge in [-0.2, -0.15) is 0 Å². The number of amides is 1. The summed E-state index contributed by atoms with van der Waals surface area (Å²) in [6.07, 6.45) is 4.28. The molecule has 2 aliphatic rings. The molecule has 0 aromatic heterocycles. The van der Waals surface area contributed by atoms with Crippen molar-refractivity contribution in [3.63, 3.8) is 0 Å². The maximum Gasteiger partial charge on any atom is 0.246 e. The van der Waals surface area contributed by atoms with Crippen molar-refractivity contribution in [1.82, 2.24) is 4.90 Å². The Morgan fingerprint density at radius 2 is 1.85 bits per heavy atom. The molecule has 2 heterocycles. The van der Waals surface area contributed by atoms with Crippen LogP contribution in [0.25, 0.3) is 6.08 Å². The number of piperazine rings is 1. The van der Waals surface area contributed by atoms with Gasteiger partial charge in [-0.15, -0.1) is 0 Å². The van der Waals surface area contributed by atoms with Gasteiger partial charge in [0.25, 0.3) is 0 Å². The van der Waals surface area contributed by atoms with Crippen molar-refractivity contribution in [2.75, 3.05) is 37.7 Å². The van der Waals surface area contributed by atoms with Crippen molar-refractivity contribution in [1.29, 1.82) is 0 Å². The minimum Gasteiger partial charge on any atom is -0.329 e. The Morgan fingerprint density at radius 1 is 1.19 bits per heavy atom. The summed E-state index contributed by atoms with van der Waals surface area (Å²) in [5, 5.41) is 0. The van der Waals surface area contributed by atoms with E-state index in [0.717, 1.165) is 25.1 Å². The van der Waals surface area contributed by atoms with Crippen LogP contribution in [0.5, 0.6) is 0 Å².